The van der Waals surface area contributed by atoms with Gasteiger partial charge in [0.1, 0.15) is 11.5 Å². The molecule has 1 aliphatic rings. The summed E-state index contributed by atoms with van der Waals surface area (Å²) < 4.78 is 10.4. The summed E-state index contributed by atoms with van der Waals surface area (Å²) in [5, 5.41) is 6.57. The maximum atomic E-state index is 12.1. The van der Waals surface area contributed by atoms with E-state index in [9.17, 15) is 4.79 Å². The molecule has 1 saturated heterocycles. The number of furan rings is 1. The average molecular weight is 380 g/mol. The van der Waals surface area contributed by atoms with Crippen LogP contribution in [-0.4, -0.2) is 47.0 Å². The van der Waals surface area contributed by atoms with Crippen LogP contribution in [-0.2, 0) is 13.1 Å². The Hall–Kier alpha value is -2.90. The number of aromatic nitrogens is 1. The van der Waals surface area contributed by atoms with E-state index in [0.29, 0.717) is 5.76 Å². The van der Waals surface area contributed by atoms with Crippen molar-refractivity contribution >= 4 is 11.6 Å². The van der Waals surface area contributed by atoms with Crippen LogP contribution in [0.1, 0.15) is 27.6 Å². The van der Waals surface area contributed by atoms with Crippen molar-refractivity contribution in [1.82, 2.24) is 15.0 Å². The first kappa shape index (κ1) is 18.5. The lowest BCUT2D eigenvalue weighted by molar-refractivity contribution is 0.101. The second kappa shape index (κ2) is 8.41. The molecule has 1 aromatic carbocycles. The molecule has 2 aromatic heterocycles. The summed E-state index contributed by atoms with van der Waals surface area (Å²) in [5.74, 6) is 1.37. The summed E-state index contributed by atoms with van der Waals surface area (Å²) in [6, 6.07) is 13.5. The van der Waals surface area contributed by atoms with Crippen molar-refractivity contribution in [2.24, 2.45) is 0 Å². The van der Waals surface area contributed by atoms with Crippen molar-refractivity contribution < 1.29 is 13.7 Å². The van der Waals surface area contributed by atoms with E-state index in [1.165, 1.54) is 5.56 Å². The van der Waals surface area contributed by atoms with Gasteiger partial charge in [-0.2, -0.15) is 0 Å². The number of benzene rings is 1. The zero-order valence-electron chi connectivity index (χ0n) is 15.9. The summed E-state index contributed by atoms with van der Waals surface area (Å²) >= 11 is 0. The van der Waals surface area contributed by atoms with E-state index in [-0.39, 0.29) is 11.6 Å². The maximum Gasteiger partial charge on any atom is 0.277 e. The van der Waals surface area contributed by atoms with Gasteiger partial charge >= 0.3 is 0 Å². The van der Waals surface area contributed by atoms with Crippen LogP contribution in [0.15, 0.2) is 57.7 Å². The van der Waals surface area contributed by atoms with Crippen LogP contribution >= 0.6 is 0 Å². The van der Waals surface area contributed by atoms with Crippen molar-refractivity contribution in [3.05, 3.63) is 71.5 Å². The summed E-state index contributed by atoms with van der Waals surface area (Å²) in [6.07, 6.45) is 1.73. The number of nitrogens with zero attached hydrogens (tertiary/aromatic N) is 3. The van der Waals surface area contributed by atoms with E-state index in [2.05, 4.69) is 32.4 Å². The van der Waals surface area contributed by atoms with Crippen molar-refractivity contribution in [3.63, 3.8) is 0 Å². The quantitative estimate of drug-likeness (QED) is 0.708. The molecule has 0 saturated carbocycles. The Morgan fingerprint density at radius 1 is 1.07 bits per heavy atom. The number of rotatable bonds is 6. The van der Waals surface area contributed by atoms with Gasteiger partial charge in [-0.3, -0.25) is 14.6 Å². The molecule has 1 fully saturated rings. The summed E-state index contributed by atoms with van der Waals surface area (Å²) in [5.41, 5.74) is 2.27. The molecule has 7 nitrogen and oxygen atoms in total. The van der Waals surface area contributed by atoms with E-state index < -0.39 is 0 Å². The zero-order valence-corrected chi connectivity index (χ0v) is 15.9. The lowest BCUT2D eigenvalue weighted by Gasteiger charge is -2.34. The van der Waals surface area contributed by atoms with Gasteiger partial charge in [-0.25, -0.2) is 0 Å². The van der Waals surface area contributed by atoms with E-state index >= 15 is 0 Å². The zero-order chi connectivity index (χ0) is 19.3. The lowest BCUT2D eigenvalue weighted by Crippen LogP contribution is -2.45. The van der Waals surface area contributed by atoms with Gasteiger partial charge in [0.25, 0.3) is 5.91 Å². The molecule has 0 radical (unpaired) electrons. The number of nitrogens with one attached hydrogen (secondary N) is 1. The Kier molecular flexibility index (Phi) is 5.55. The van der Waals surface area contributed by atoms with Crippen molar-refractivity contribution in [1.29, 1.82) is 0 Å². The minimum absolute atomic E-state index is 0.266. The molecule has 0 unspecified atom stereocenters. The van der Waals surface area contributed by atoms with Crippen LogP contribution in [0.5, 0.6) is 0 Å². The Morgan fingerprint density at radius 3 is 2.39 bits per heavy atom. The third kappa shape index (κ3) is 4.68. The average Bonchev–Trinajstić information content (AvgIpc) is 3.37. The molecular weight excluding hydrogens is 356 g/mol. The second-order valence-electron chi connectivity index (χ2n) is 7.11. The van der Waals surface area contributed by atoms with Crippen molar-refractivity contribution in [2.45, 2.75) is 20.0 Å². The van der Waals surface area contributed by atoms with Gasteiger partial charge in [0.05, 0.1) is 12.8 Å². The molecule has 7 heteroatoms. The SMILES string of the molecule is Cc1cc(C(=O)Nc2ccc(CN3CCN(Cc4ccco4)CC3)cc2)no1. The Labute approximate surface area is 163 Å². The fourth-order valence-electron chi connectivity index (χ4n) is 3.35. The number of aryl methyl sites for hydroxylation is 1. The first-order valence-electron chi connectivity index (χ1n) is 9.46. The highest BCUT2D eigenvalue weighted by molar-refractivity contribution is 6.02. The summed E-state index contributed by atoms with van der Waals surface area (Å²) in [7, 11) is 0. The van der Waals surface area contributed by atoms with Gasteiger partial charge in [0.2, 0.25) is 0 Å². The predicted octanol–water partition coefficient (Wildman–Crippen LogP) is 3.15. The molecule has 1 amide bonds. The van der Waals surface area contributed by atoms with E-state index in [1.807, 2.05) is 24.3 Å². The number of carbonyl (C=O) groups excluding carboxylic acids is 1. The van der Waals surface area contributed by atoms with Crippen LogP contribution in [0.3, 0.4) is 0 Å². The second-order valence-corrected chi connectivity index (χ2v) is 7.11. The molecule has 1 N–H and O–H groups in total. The number of amides is 1. The molecule has 3 heterocycles. The number of anilines is 1. The highest BCUT2D eigenvalue weighted by Gasteiger charge is 2.18. The van der Waals surface area contributed by atoms with Crippen LogP contribution in [0, 0.1) is 6.92 Å². The topological polar surface area (TPSA) is 74.8 Å². The fraction of sp³-hybridized carbons (Fsp3) is 0.333. The predicted molar refractivity (Wildman–Crippen MR) is 105 cm³/mol. The number of hydrogen-bond acceptors (Lipinski definition) is 6. The van der Waals surface area contributed by atoms with Gasteiger partial charge in [-0.05, 0) is 36.8 Å². The van der Waals surface area contributed by atoms with Gasteiger partial charge < -0.3 is 14.3 Å². The molecule has 0 bridgehead atoms. The van der Waals surface area contributed by atoms with Crippen LogP contribution in [0.2, 0.25) is 0 Å². The minimum atomic E-state index is -0.266. The molecular formula is C21H24N4O3. The first-order valence-corrected chi connectivity index (χ1v) is 9.46. The standard InChI is InChI=1S/C21H24N4O3/c1-16-13-20(23-28-16)21(26)22-18-6-4-17(5-7-18)14-24-8-10-25(11-9-24)15-19-3-2-12-27-19/h2-7,12-13H,8-11,14-15H2,1H3,(H,22,26). The van der Waals surface area contributed by atoms with E-state index in [0.717, 1.165) is 50.7 Å². The molecule has 146 valence electrons. The molecule has 28 heavy (non-hydrogen) atoms. The molecule has 1 aliphatic heterocycles. The van der Waals surface area contributed by atoms with Crippen molar-refractivity contribution in [3.8, 4) is 0 Å². The van der Waals surface area contributed by atoms with Gasteiger partial charge in [0.15, 0.2) is 5.69 Å². The monoisotopic (exact) mass is 380 g/mol. The molecule has 0 atom stereocenters. The molecule has 3 aromatic rings. The normalized spacial score (nSPS) is 15.6. The number of piperazine rings is 1. The minimum Gasteiger partial charge on any atom is -0.468 e. The third-order valence-electron chi connectivity index (χ3n) is 4.90. The molecule has 0 aliphatic carbocycles. The Morgan fingerprint density at radius 2 is 1.79 bits per heavy atom. The Balaban J connectivity index is 1.25. The Bertz CT molecular complexity index is 894. The van der Waals surface area contributed by atoms with Crippen LogP contribution < -0.4 is 5.32 Å². The van der Waals surface area contributed by atoms with Crippen LogP contribution in [0.4, 0.5) is 5.69 Å². The lowest BCUT2D eigenvalue weighted by atomic mass is 10.1. The number of carbonyl (C=O) groups is 1. The van der Waals surface area contributed by atoms with Gasteiger partial charge in [0, 0.05) is 44.5 Å². The van der Waals surface area contributed by atoms with E-state index in [1.54, 1.807) is 19.3 Å². The van der Waals surface area contributed by atoms with Gasteiger partial charge in [-0.1, -0.05) is 17.3 Å². The number of hydrogen-bond donors (Lipinski definition) is 1. The van der Waals surface area contributed by atoms with E-state index in [4.69, 9.17) is 8.94 Å². The van der Waals surface area contributed by atoms with Crippen LogP contribution in [0.25, 0.3) is 0 Å². The maximum absolute atomic E-state index is 12.1. The highest BCUT2D eigenvalue weighted by atomic mass is 16.5. The fourth-order valence-corrected chi connectivity index (χ4v) is 3.35. The van der Waals surface area contributed by atoms with Crippen molar-refractivity contribution in [2.75, 3.05) is 31.5 Å². The first-order chi connectivity index (χ1) is 13.7. The third-order valence-corrected chi connectivity index (χ3v) is 4.90. The summed E-state index contributed by atoms with van der Waals surface area (Å²) in [4.78, 5) is 17.0. The smallest absolute Gasteiger partial charge is 0.277 e. The largest absolute Gasteiger partial charge is 0.468 e. The highest BCUT2D eigenvalue weighted by Crippen LogP contribution is 2.15. The molecule has 4 rings (SSSR count). The van der Waals surface area contributed by atoms with Gasteiger partial charge in [-0.15, -0.1) is 0 Å². The summed E-state index contributed by atoms with van der Waals surface area (Å²) in [6.45, 7) is 7.67. The molecule has 0 spiro atoms.